The number of benzene rings is 1. The van der Waals surface area contributed by atoms with E-state index in [-0.39, 0.29) is 0 Å². The van der Waals surface area contributed by atoms with Gasteiger partial charge in [-0.05, 0) is 44.0 Å². The number of likely N-dealkylation sites (tertiary alicyclic amines) is 1. The van der Waals surface area contributed by atoms with E-state index in [9.17, 15) is 0 Å². The maximum Gasteiger partial charge on any atom is 0.0108 e. The Morgan fingerprint density at radius 1 is 1.35 bits per heavy atom. The fourth-order valence-corrected chi connectivity index (χ4v) is 3.10. The van der Waals surface area contributed by atoms with Gasteiger partial charge in [0.15, 0.2) is 0 Å². The SMILES string of the molecule is CN1CC(c2cccc(CC3CCCN3)c2)C1. The van der Waals surface area contributed by atoms with Gasteiger partial charge in [0, 0.05) is 25.0 Å². The van der Waals surface area contributed by atoms with Gasteiger partial charge >= 0.3 is 0 Å². The summed E-state index contributed by atoms with van der Waals surface area (Å²) in [6.45, 7) is 3.66. The summed E-state index contributed by atoms with van der Waals surface area (Å²) in [5, 5.41) is 3.58. The van der Waals surface area contributed by atoms with Crippen LogP contribution in [0.5, 0.6) is 0 Å². The van der Waals surface area contributed by atoms with E-state index < -0.39 is 0 Å². The molecule has 0 aromatic heterocycles. The molecule has 2 fully saturated rings. The molecule has 17 heavy (non-hydrogen) atoms. The standard InChI is InChI=1S/C15H22N2/c1-17-10-14(11-17)13-5-2-4-12(8-13)9-15-6-3-7-16-15/h2,4-5,8,14-16H,3,6-7,9-11H2,1H3. The van der Waals surface area contributed by atoms with Crippen molar-refractivity contribution in [3.63, 3.8) is 0 Å². The summed E-state index contributed by atoms with van der Waals surface area (Å²) in [6, 6.07) is 9.96. The molecule has 0 bridgehead atoms. The molecule has 3 rings (SSSR count). The van der Waals surface area contributed by atoms with Gasteiger partial charge in [0.25, 0.3) is 0 Å². The molecule has 0 radical (unpaired) electrons. The topological polar surface area (TPSA) is 15.3 Å². The van der Waals surface area contributed by atoms with E-state index in [0.717, 1.165) is 5.92 Å². The van der Waals surface area contributed by atoms with Crippen LogP contribution in [0.25, 0.3) is 0 Å². The van der Waals surface area contributed by atoms with Crippen molar-refractivity contribution >= 4 is 0 Å². The maximum atomic E-state index is 3.58. The molecule has 0 spiro atoms. The van der Waals surface area contributed by atoms with Gasteiger partial charge in [-0.25, -0.2) is 0 Å². The van der Waals surface area contributed by atoms with Crippen molar-refractivity contribution in [2.24, 2.45) is 0 Å². The normalized spacial score (nSPS) is 26.1. The van der Waals surface area contributed by atoms with Crippen LogP contribution in [0, 0.1) is 0 Å². The lowest BCUT2D eigenvalue weighted by Crippen LogP contribution is -2.41. The van der Waals surface area contributed by atoms with Crippen LogP contribution >= 0.6 is 0 Å². The van der Waals surface area contributed by atoms with Gasteiger partial charge in [-0.3, -0.25) is 0 Å². The molecule has 2 heteroatoms. The molecule has 2 saturated heterocycles. The third-order valence-corrected chi connectivity index (χ3v) is 4.13. The second-order valence-corrected chi connectivity index (χ2v) is 5.66. The molecule has 1 aromatic carbocycles. The monoisotopic (exact) mass is 230 g/mol. The summed E-state index contributed by atoms with van der Waals surface area (Å²) in [5.74, 6) is 0.775. The van der Waals surface area contributed by atoms with Crippen molar-refractivity contribution in [1.29, 1.82) is 0 Å². The van der Waals surface area contributed by atoms with Crippen LogP contribution in [0.4, 0.5) is 0 Å². The first-order valence-corrected chi connectivity index (χ1v) is 6.82. The van der Waals surface area contributed by atoms with Gasteiger partial charge in [0.05, 0.1) is 0 Å². The number of nitrogens with one attached hydrogen (secondary N) is 1. The lowest BCUT2D eigenvalue weighted by atomic mass is 9.90. The number of nitrogens with zero attached hydrogens (tertiary/aromatic N) is 1. The van der Waals surface area contributed by atoms with Crippen LogP contribution in [0.15, 0.2) is 24.3 Å². The van der Waals surface area contributed by atoms with Crippen molar-refractivity contribution < 1.29 is 0 Å². The van der Waals surface area contributed by atoms with Gasteiger partial charge < -0.3 is 10.2 Å². The Bertz CT molecular complexity index is 376. The van der Waals surface area contributed by atoms with Crippen molar-refractivity contribution in [2.45, 2.75) is 31.2 Å². The molecule has 0 saturated carbocycles. The molecule has 1 unspecified atom stereocenters. The van der Waals surface area contributed by atoms with Gasteiger partial charge in [-0.1, -0.05) is 24.3 Å². The summed E-state index contributed by atoms with van der Waals surface area (Å²) in [7, 11) is 2.20. The zero-order chi connectivity index (χ0) is 11.7. The molecule has 1 atom stereocenters. The number of hydrogen-bond acceptors (Lipinski definition) is 2. The number of hydrogen-bond donors (Lipinski definition) is 1. The number of likely N-dealkylation sites (N-methyl/N-ethyl adjacent to an activating group) is 1. The fourth-order valence-electron chi connectivity index (χ4n) is 3.10. The van der Waals surface area contributed by atoms with E-state index in [4.69, 9.17) is 0 Å². The van der Waals surface area contributed by atoms with Crippen LogP contribution in [0.2, 0.25) is 0 Å². The molecule has 2 nitrogen and oxygen atoms in total. The van der Waals surface area contributed by atoms with Crippen molar-refractivity contribution in [3.8, 4) is 0 Å². The highest BCUT2D eigenvalue weighted by Crippen LogP contribution is 2.26. The summed E-state index contributed by atoms with van der Waals surface area (Å²) in [6.07, 6.45) is 3.89. The molecule has 2 aliphatic heterocycles. The molecule has 1 aromatic rings. The van der Waals surface area contributed by atoms with Crippen LogP contribution in [-0.2, 0) is 6.42 Å². The van der Waals surface area contributed by atoms with Crippen molar-refractivity contribution in [1.82, 2.24) is 10.2 Å². The second-order valence-electron chi connectivity index (χ2n) is 5.66. The average molecular weight is 230 g/mol. The van der Waals surface area contributed by atoms with Crippen LogP contribution in [0.3, 0.4) is 0 Å². The van der Waals surface area contributed by atoms with Gasteiger partial charge in [0.2, 0.25) is 0 Å². The Hall–Kier alpha value is -0.860. The van der Waals surface area contributed by atoms with E-state index >= 15 is 0 Å². The van der Waals surface area contributed by atoms with Crippen molar-refractivity contribution in [2.75, 3.05) is 26.7 Å². The predicted octanol–water partition coefficient (Wildman–Crippen LogP) is 2.01. The summed E-state index contributed by atoms with van der Waals surface area (Å²) in [5.41, 5.74) is 3.05. The molecule has 0 aliphatic carbocycles. The predicted molar refractivity (Wildman–Crippen MR) is 71.4 cm³/mol. The minimum absolute atomic E-state index is 0.717. The Morgan fingerprint density at radius 3 is 2.94 bits per heavy atom. The molecule has 0 amide bonds. The maximum absolute atomic E-state index is 3.58. The zero-order valence-corrected chi connectivity index (χ0v) is 10.7. The third-order valence-electron chi connectivity index (χ3n) is 4.13. The minimum atomic E-state index is 0.717. The van der Waals surface area contributed by atoms with Gasteiger partial charge in [-0.15, -0.1) is 0 Å². The Labute approximate surface area is 104 Å². The minimum Gasteiger partial charge on any atom is -0.314 e. The molecule has 2 heterocycles. The molecule has 92 valence electrons. The molecule has 2 aliphatic rings. The quantitative estimate of drug-likeness (QED) is 0.854. The third kappa shape index (κ3) is 2.53. The lowest BCUT2D eigenvalue weighted by molar-refractivity contribution is 0.189. The smallest absolute Gasteiger partial charge is 0.0108 e. The zero-order valence-electron chi connectivity index (χ0n) is 10.7. The van der Waals surface area contributed by atoms with E-state index in [1.54, 1.807) is 5.56 Å². The Morgan fingerprint density at radius 2 is 2.24 bits per heavy atom. The van der Waals surface area contributed by atoms with E-state index in [0.29, 0.717) is 6.04 Å². The summed E-state index contributed by atoms with van der Waals surface area (Å²) in [4.78, 5) is 2.38. The van der Waals surface area contributed by atoms with Gasteiger partial charge in [-0.2, -0.15) is 0 Å². The lowest BCUT2D eigenvalue weighted by Gasteiger charge is -2.36. The first-order chi connectivity index (χ1) is 8.31. The van der Waals surface area contributed by atoms with E-state index in [2.05, 4.69) is 41.5 Å². The van der Waals surface area contributed by atoms with E-state index in [1.807, 2.05) is 0 Å². The van der Waals surface area contributed by atoms with Gasteiger partial charge in [0.1, 0.15) is 0 Å². The molecular formula is C15H22N2. The number of rotatable bonds is 3. The first-order valence-electron chi connectivity index (χ1n) is 6.82. The first kappa shape index (κ1) is 11.2. The largest absolute Gasteiger partial charge is 0.314 e. The fraction of sp³-hybridized carbons (Fsp3) is 0.600. The highest BCUT2D eigenvalue weighted by atomic mass is 15.2. The van der Waals surface area contributed by atoms with E-state index in [1.165, 1.54) is 44.5 Å². The van der Waals surface area contributed by atoms with Crippen molar-refractivity contribution in [3.05, 3.63) is 35.4 Å². The second kappa shape index (κ2) is 4.79. The molecular weight excluding hydrogens is 208 g/mol. The Balaban J connectivity index is 1.66. The average Bonchev–Trinajstić information content (AvgIpc) is 2.78. The Kier molecular flexibility index (Phi) is 3.17. The molecule has 1 N–H and O–H groups in total. The highest BCUT2D eigenvalue weighted by Gasteiger charge is 2.24. The summed E-state index contributed by atoms with van der Waals surface area (Å²) < 4.78 is 0. The summed E-state index contributed by atoms with van der Waals surface area (Å²) >= 11 is 0. The van der Waals surface area contributed by atoms with Crippen LogP contribution in [-0.4, -0.2) is 37.6 Å². The van der Waals surface area contributed by atoms with Crippen LogP contribution in [0.1, 0.15) is 29.9 Å². The highest BCUT2D eigenvalue weighted by molar-refractivity contribution is 5.29. The van der Waals surface area contributed by atoms with Crippen LogP contribution < -0.4 is 5.32 Å².